The molecule has 2 aromatic heterocycles. The Kier molecular flexibility index (Phi) is 5.02. The molecule has 4 heterocycles. The van der Waals surface area contributed by atoms with E-state index in [4.69, 9.17) is 4.52 Å². The Morgan fingerprint density at radius 3 is 2.64 bits per heavy atom. The first-order chi connectivity index (χ1) is 11.5. The quantitative estimate of drug-likeness (QED) is 0.874. The highest BCUT2D eigenvalue weighted by Gasteiger charge is 2.34. The summed E-state index contributed by atoms with van der Waals surface area (Å²) in [6.45, 7) is 5.97. The third kappa shape index (κ3) is 3.37. The topological polar surface area (TPSA) is 80.0 Å². The van der Waals surface area contributed by atoms with E-state index in [2.05, 4.69) is 34.6 Å². The molecule has 2 saturated heterocycles. The van der Waals surface area contributed by atoms with Crippen molar-refractivity contribution in [2.75, 3.05) is 0 Å². The second-order valence-electron chi connectivity index (χ2n) is 7.48. The molecule has 2 aliphatic heterocycles. The molecular formula is C18H25ClN4O2. The van der Waals surface area contributed by atoms with E-state index >= 15 is 0 Å². The van der Waals surface area contributed by atoms with Crippen molar-refractivity contribution in [2.45, 2.75) is 70.5 Å². The molecule has 0 spiro atoms. The number of nitrogens with zero attached hydrogens (tertiary/aromatic N) is 2. The number of hydrogen-bond donors (Lipinski definition) is 2. The maximum atomic E-state index is 13.0. The minimum atomic E-state index is -0.0399. The zero-order valence-electron chi connectivity index (χ0n) is 14.8. The van der Waals surface area contributed by atoms with Gasteiger partial charge in [0.25, 0.3) is 11.6 Å². The normalized spacial score (nSPS) is 25.2. The summed E-state index contributed by atoms with van der Waals surface area (Å²) in [5.41, 5.74) is 2.65. The van der Waals surface area contributed by atoms with Gasteiger partial charge in [-0.05, 0) is 44.6 Å². The largest absolute Gasteiger partial charge is 0.349 e. The monoisotopic (exact) mass is 364 g/mol. The molecule has 25 heavy (non-hydrogen) atoms. The highest BCUT2D eigenvalue weighted by Crippen LogP contribution is 2.28. The number of rotatable bonds is 3. The van der Waals surface area contributed by atoms with Crippen molar-refractivity contribution < 1.29 is 9.32 Å². The van der Waals surface area contributed by atoms with E-state index in [1.165, 1.54) is 12.8 Å². The minimum Gasteiger partial charge on any atom is -0.349 e. The van der Waals surface area contributed by atoms with Crippen molar-refractivity contribution >= 4 is 29.4 Å². The van der Waals surface area contributed by atoms with Crippen molar-refractivity contribution in [1.29, 1.82) is 0 Å². The Labute approximate surface area is 153 Å². The predicted octanol–water partition coefficient (Wildman–Crippen LogP) is 3.09. The van der Waals surface area contributed by atoms with Crippen molar-refractivity contribution in [3.05, 3.63) is 23.0 Å². The molecular weight excluding hydrogens is 340 g/mol. The van der Waals surface area contributed by atoms with Crippen LogP contribution < -0.4 is 10.6 Å². The predicted molar refractivity (Wildman–Crippen MR) is 98.3 cm³/mol. The first-order valence-electron chi connectivity index (χ1n) is 8.85. The second-order valence-corrected chi connectivity index (χ2v) is 7.48. The molecule has 0 radical (unpaired) electrons. The highest BCUT2D eigenvalue weighted by atomic mass is 35.5. The van der Waals surface area contributed by atoms with E-state index in [1.54, 1.807) is 0 Å². The lowest BCUT2D eigenvalue weighted by atomic mass is 9.98. The minimum absolute atomic E-state index is 0. The molecule has 1 amide bonds. The number of hydrogen-bond acceptors (Lipinski definition) is 5. The molecule has 7 heteroatoms. The number of aromatic nitrogens is 2. The van der Waals surface area contributed by atoms with Crippen LogP contribution in [0, 0.1) is 6.92 Å². The lowest BCUT2D eigenvalue weighted by molar-refractivity contribution is 0.0925. The fraction of sp³-hybridized carbons (Fsp3) is 0.611. The standard InChI is InChI=1S/C18H24N4O2.ClH/c1-9(2)15-8-14(16-10(3)22-24-18(16)21-15)17(23)20-13-6-11-4-5-12(7-13)19-11;/h8-9,11-13,19H,4-7H2,1-3H3,(H,20,23);1H. The van der Waals surface area contributed by atoms with Gasteiger partial charge in [-0.1, -0.05) is 19.0 Å². The van der Waals surface area contributed by atoms with Gasteiger partial charge in [0.15, 0.2) is 0 Å². The van der Waals surface area contributed by atoms with Crippen molar-refractivity contribution in [3.8, 4) is 0 Å². The van der Waals surface area contributed by atoms with Gasteiger partial charge in [-0.3, -0.25) is 4.79 Å². The summed E-state index contributed by atoms with van der Waals surface area (Å²) < 4.78 is 5.31. The van der Waals surface area contributed by atoms with Crippen LogP contribution in [-0.4, -0.2) is 34.2 Å². The molecule has 2 N–H and O–H groups in total. The van der Waals surface area contributed by atoms with Crippen LogP contribution in [0.4, 0.5) is 0 Å². The van der Waals surface area contributed by atoms with Gasteiger partial charge in [0.2, 0.25) is 0 Å². The Bertz CT molecular complexity index is 777. The number of carbonyl (C=O) groups excluding carboxylic acids is 1. The average molecular weight is 365 g/mol. The SMILES string of the molecule is Cc1noc2nc(C(C)C)cc(C(=O)NC3CC4CCC(C3)N4)c12.Cl. The summed E-state index contributed by atoms with van der Waals surface area (Å²) >= 11 is 0. The van der Waals surface area contributed by atoms with Crippen LogP contribution in [0.1, 0.15) is 67.2 Å². The number of aryl methyl sites for hydroxylation is 1. The maximum absolute atomic E-state index is 13.0. The van der Waals surface area contributed by atoms with Crippen LogP contribution in [-0.2, 0) is 0 Å². The number of amides is 1. The summed E-state index contributed by atoms with van der Waals surface area (Å²) in [7, 11) is 0. The molecule has 2 aliphatic rings. The van der Waals surface area contributed by atoms with E-state index in [0.717, 1.165) is 23.9 Å². The Morgan fingerprint density at radius 2 is 2.00 bits per heavy atom. The summed E-state index contributed by atoms with van der Waals surface area (Å²) in [4.78, 5) is 17.5. The molecule has 2 atom stereocenters. The van der Waals surface area contributed by atoms with E-state index in [-0.39, 0.29) is 30.3 Å². The van der Waals surface area contributed by atoms with Gasteiger partial charge >= 0.3 is 0 Å². The van der Waals surface area contributed by atoms with Gasteiger partial charge in [0, 0.05) is 23.8 Å². The first-order valence-corrected chi connectivity index (χ1v) is 8.85. The van der Waals surface area contributed by atoms with Crippen LogP contribution in [0.2, 0.25) is 0 Å². The summed E-state index contributed by atoms with van der Waals surface area (Å²) in [6, 6.07) is 3.23. The number of nitrogens with one attached hydrogen (secondary N) is 2. The molecule has 2 fully saturated rings. The molecule has 2 aromatic rings. The molecule has 2 bridgehead atoms. The van der Waals surface area contributed by atoms with Gasteiger partial charge in [-0.2, -0.15) is 0 Å². The van der Waals surface area contributed by atoms with Crippen LogP contribution >= 0.6 is 12.4 Å². The summed E-state index contributed by atoms with van der Waals surface area (Å²) in [5.74, 6) is 0.183. The van der Waals surface area contributed by atoms with Crippen LogP contribution in [0.3, 0.4) is 0 Å². The number of carbonyl (C=O) groups is 1. The van der Waals surface area contributed by atoms with Gasteiger partial charge in [-0.25, -0.2) is 4.98 Å². The van der Waals surface area contributed by atoms with Crippen molar-refractivity contribution in [1.82, 2.24) is 20.8 Å². The lowest BCUT2D eigenvalue weighted by Gasteiger charge is -2.29. The smallest absolute Gasteiger partial charge is 0.259 e. The van der Waals surface area contributed by atoms with Gasteiger partial charge in [-0.15, -0.1) is 12.4 Å². The number of halogens is 1. The molecule has 0 aliphatic carbocycles. The fourth-order valence-electron chi connectivity index (χ4n) is 4.03. The van der Waals surface area contributed by atoms with Crippen LogP contribution in [0.25, 0.3) is 11.1 Å². The van der Waals surface area contributed by atoms with E-state index in [0.29, 0.717) is 29.1 Å². The van der Waals surface area contributed by atoms with Gasteiger partial charge in [0.05, 0.1) is 16.6 Å². The average Bonchev–Trinajstić information content (AvgIpc) is 3.09. The Balaban J connectivity index is 0.00000182. The summed E-state index contributed by atoms with van der Waals surface area (Å²) in [6.07, 6.45) is 4.46. The molecule has 0 saturated carbocycles. The lowest BCUT2D eigenvalue weighted by Crippen LogP contribution is -2.48. The highest BCUT2D eigenvalue weighted by molar-refractivity contribution is 6.06. The third-order valence-corrected chi connectivity index (χ3v) is 5.28. The Morgan fingerprint density at radius 1 is 1.32 bits per heavy atom. The zero-order valence-corrected chi connectivity index (χ0v) is 15.7. The molecule has 2 unspecified atom stereocenters. The number of pyridine rings is 1. The maximum Gasteiger partial charge on any atom is 0.259 e. The van der Waals surface area contributed by atoms with Gasteiger partial charge < -0.3 is 15.2 Å². The molecule has 136 valence electrons. The summed E-state index contributed by atoms with van der Waals surface area (Å²) in [5, 5.41) is 11.6. The van der Waals surface area contributed by atoms with E-state index in [1.807, 2.05) is 13.0 Å². The zero-order chi connectivity index (χ0) is 16.8. The molecule has 0 aromatic carbocycles. The Hall–Kier alpha value is -1.66. The molecule has 4 rings (SSSR count). The number of piperidine rings is 1. The van der Waals surface area contributed by atoms with Crippen LogP contribution in [0.5, 0.6) is 0 Å². The third-order valence-electron chi connectivity index (χ3n) is 5.28. The second kappa shape index (κ2) is 6.92. The van der Waals surface area contributed by atoms with E-state index in [9.17, 15) is 4.79 Å². The van der Waals surface area contributed by atoms with Crippen LogP contribution in [0.15, 0.2) is 10.6 Å². The van der Waals surface area contributed by atoms with Crippen molar-refractivity contribution in [3.63, 3.8) is 0 Å². The first kappa shape index (κ1) is 18.1. The molecule has 6 nitrogen and oxygen atoms in total. The van der Waals surface area contributed by atoms with Gasteiger partial charge in [0.1, 0.15) is 0 Å². The van der Waals surface area contributed by atoms with Crippen molar-refractivity contribution in [2.24, 2.45) is 0 Å². The van der Waals surface area contributed by atoms with E-state index < -0.39 is 0 Å². The number of fused-ring (bicyclic) bond motifs is 3. The fourth-order valence-corrected chi connectivity index (χ4v) is 4.03.